The maximum Gasteiger partial charge on any atom is 0.263 e. The molecular formula is C22H29N3O2. The van der Waals surface area contributed by atoms with Crippen LogP contribution in [0.4, 0.5) is 0 Å². The van der Waals surface area contributed by atoms with Gasteiger partial charge in [-0.2, -0.15) is 0 Å². The molecule has 0 saturated heterocycles. The molecule has 1 aliphatic rings. The average Bonchev–Trinajstić information content (AvgIpc) is 2.67. The van der Waals surface area contributed by atoms with Gasteiger partial charge < -0.3 is 15.6 Å². The van der Waals surface area contributed by atoms with Crippen LogP contribution in [0.5, 0.6) is 0 Å². The molecule has 3 N–H and O–H groups in total. The summed E-state index contributed by atoms with van der Waals surface area (Å²) in [5.74, 6) is -0.296. The van der Waals surface area contributed by atoms with Crippen molar-refractivity contribution in [1.29, 1.82) is 0 Å². The van der Waals surface area contributed by atoms with Crippen LogP contribution in [0.2, 0.25) is 0 Å². The second-order valence-electron chi connectivity index (χ2n) is 7.21. The van der Waals surface area contributed by atoms with Crippen molar-refractivity contribution in [2.45, 2.75) is 58.0 Å². The van der Waals surface area contributed by atoms with Crippen molar-refractivity contribution in [2.75, 3.05) is 6.54 Å². The Morgan fingerprint density at radius 3 is 2.56 bits per heavy atom. The van der Waals surface area contributed by atoms with Crippen molar-refractivity contribution in [3.63, 3.8) is 0 Å². The van der Waals surface area contributed by atoms with Gasteiger partial charge in [-0.05, 0) is 55.8 Å². The number of aromatic nitrogens is 1. The highest BCUT2D eigenvalue weighted by Crippen LogP contribution is 2.20. The van der Waals surface area contributed by atoms with Crippen molar-refractivity contribution in [2.24, 2.45) is 5.73 Å². The van der Waals surface area contributed by atoms with Crippen LogP contribution in [-0.4, -0.2) is 17.0 Å². The second-order valence-corrected chi connectivity index (χ2v) is 7.21. The first-order valence-corrected chi connectivity index (χ1v) is 9.98. The molecule has 0 spiro atoms. The lowest BCUT2D eigenvalue weighted by Gasteiger charge is -2.21. The van der Waals surface area contributed by atoms with E-state index in [1.807, 2.05) is 41.0 Å². The normalized spacial score (nSPS) is 14.1. The second kappa shape index (κ2) is 9.51. The average molecular weight is 367 g/mol. The van der Waals surface area contributed by atoms with Crippen LogP contribution >= 0.6 is 0 Å². The summed E-state index contributed by atoms with van der Waals surface area (Å²) in [6, 6.07) is 11.6. The molecule has 1 heterocycles. The number of hydrogen-bond acceptors (Lipinski definition) is 3. The number of carbonyl (C=O) groups is 1. The predicted octanol–water partition coefficient (Wildman–Crippen LogP) is 2.79. The maximum atomic E-state index is 13.1. The minimum absolute atomic E-state index is 0.187. The molecule has 1 aliphatic carbocycles. The highest BCUT2D eigenvalue weighted by atomic mass is 16.2. The molecule has 1 aromatic carbocycles. The molecule has 0 unspecified atom stereocenters. The van der Waals surface area contributed by atoms with Crippen LogP contribution in [-0.2, 0) is 25.9 Å². The van der Waals surface area contributed by atoms with E-state index >= 15 is 0 Å². The van der Waals surface area contributed by atoms with Crippen molar-refractivity contribution in [3.8, 4) is 0 Å². The third-order valence-corrected chi connectivity index (χ3v) is 5.23. The lowest BCUT2D eigenvalue weighted by molar-refractivity contribution is 0.0948. The molecule has 1 amide bonds. The van der Waals surface area contributed by atoms with Gasteiger partial charge in [0.15, 0.2) is 0 Å². The number of fused-ring (bicyclic) bond motifs is 1. The molecule has 5 heteroatoms. The quantitative estimate of drug-likeness (QED) is 0.824. The van der Waals surface area contributed by atoms with Gasteiger partial charge in [0.2, 0.25) is 0 Å². The lowest BCUT2D eigenvalue weighted by Crippen LogP contribution is -2.35. The standard InChI is InChI=1S/C22H29N3O2/c23-13-8-14-25-20-12-7-2-1-6-11-18(20)15-19(22(25)27)21(26)24-16-17-9-4-3-5-10-17/h3-5,9-10,15H,1-2,6-8,11-14,16,23H2,(H,24,26). The van der Waals surface area contributed by atoms with Crippen LogP contribution in [0.15, 0.2) is 41.2 Å². The van der Waals surface area contributed by atoms with Gasteiger partial charge in [0.25, 0.3) is 11.5 Å². The summed E-state index contributed by atoms with van der Waals surface area (Å²) >= 11 is 0. The Balaban J connectivity index is 1.90. The van der Waals surface area contributed by atoms with Crippen LogP contribution in [0, 0.1) is 0 Å². The van der Waals surface area contributed by atoms with Gasteiger partial charge in [-0.25, -0.2) is 0 Å². The Kier molecular flexibility index (Phi) is 6.82. The van der Waals surface area contributed by atoms with E-state index in [1.54, 1.807) is 0 Å². The molecule has 0 bridgehead atoms. The fourth-order valence-electron chi connectivity index (χ4n) is 3.76. The zero-order valence-electron chi connectivity index (χ0n) is 15.9. The van der Waals surface area contributed by atoms with Gasteiger partial charge in [0, 0.05) is 18.8 Å². The largest absolute Gasteiger partial charge is 0.348 e. The summed E-state index contributed by atoms with van der Waals surface area (Å²) in [4.78, 5) is 25.8. The summed E-state index contributed by atoms with van der Waals surface area (Å²) in [5, 5.41) is 2.90. The number of nitrogens with zero attached hydrogens (tertiary/aromatic N) is 1. The molecule has 2 aromatic rings. The number of hydrogen-bond donors (Lipinski definition) is 2. The van der Waals surface area contributed by atoms with Crippen molar-refractivity contribution in [3.05, 3.63) is 69.1 Å². The van der Waals surface area contributed by atoms with Gasteiger partial charge in [-0.1, -0.05) is 43.2 Å². The first kappa shape index (κ1) is 19.4. The fraction of sp³-hybridized carbons (Fsp3) is 0.455. The number of nitrogens with one attached hydrogen (secondary N) is 1. The first-order chi connectivity index (χ1) is 13.2. The zero-order chi connectivity index (χ0) is 19.1. The minimum Gasteiger partial charge on any atom is -0.348 e. The van der Waals surface area contributed by atoms with Crippen molar-refractivity contribution < 1.29 is 4.79 Å². The summed E-state index contributed by atoms with van der Waals surface area (Å²) in [6.07, 6.45) is 7.17. The number of carbonyl (C=O) groups excluding carboxylic acids is 1. The SMILES string of the molecule is NCCCn1c2c(cc(C(=O)NCc3ccccc3)c1=O)CCCCCC2. The number of amides is 1. The number of pyridine rings is 1. The Morgan fingerprint density at radius 2 is 1.81 bits per heavy atom. The Bertz CT molecular complexity index is 827. The number of rotatable bonds is 6. The summed E-state index contributed by atoms with van der Waals surface area (Å²) in [7, 11) is 0. The molecule has 0 fully saturated rings. The van der Waals surface area contributed by atoms with E-state index in [0.29, 0.717) is 19.6 Å². The van der Waals surface area contributed by atoms with Crippen LogP contribution in [0.25, 0.3) is 0 Å². The number of nitrogens with two attached hydrogens (primary N) is 1. The molecule has 0 saturated carbocycles. The highest BCUT2D eigenvalue weighted by molar-refractivity contribution is 5.94. The maximum absolute atomic E-state index is 13.1. The number of benzene rings is 1. The summed E-state index contributed by atoms with van der Waals surface area (Å²) < 4.78 is 1.81. The molecule has 0 atom stereocenters. The van der Waals surface area contributed by atoms with Crippen LogP contribution < -0.4 is 16.6 Å². The van der Waals surface area contributed by atoms with Gasteiger partial charge in [0.05, 0.1) is 0 Å². The molecule has 5 nitrogen and oxygen atoms in total. The predicted molar refractivity (Wildman–Crippen MR) is 108 cm³/mol. The van der Waals surface area contributed by atoms with E-state index < -0.39 is 0 Å². The van der Waals surface area contributed by atoms with Gasteiger partial charge >= 0.3 is 0 Å². The highest BCUT2D eigenvalue weighted by Gasteiger charge is 2.19. The Morgan fingerprint density at radius 1 is 1.07 bits per heavy atom. The molecule has 1 aromatic heterocycles. The molecule has 27 heavy (non-hydrogen) atoms. The molecule has 144 valence electrons. The van der Waals surface area contributed by atoms with E-state index in [9.17, 15) is 9.59 Å². The number of aryl methyl sites for hydroxylation is 1. The van der Waals surface area contributed by atoms with E-state index in [1.165, 1.54) is 12.8 Å². The van der Waals surface area contributed by atoms with E-state index in [4.69, 9.17) is 5.73 Å². The molecule has 0 aliphatic heterocycles. The topological polar surface area (TPSA) is 77.1 Å². The Hall–Kier alpha value is -2.40. The summed E-state index contributed by atoms with van der Waals surface area (Å²) in [5.41, 5.74) is 9.01. The molecule has 3 rings (SSSR count). The van der Waals surface area contributed by atoms with E-state index in [-0.39, 0.29) is 17.0 Å². The molecule has 0 radical (unpaired) electrons. The Labute approximate surface area is 160 Å². The first-order valence-electron chi connectivity index (χ1n) is 9.98. The third-order valence-electron chi connectivity index (χ3n) is 5.23. The van der Waals surface area contributed by atoms with E-state index in [0.717, 1.165) is 48.9 Å². The minimum atomic E-state index is -0.296. The summed E-state index contributed by atoms with van der Waals surface area (Å²) in [6.45, 7) is 1.53. The van der Waals surface area contributed by atoms with Crippen molar-refractivity contribution in [1.82, 2.24) is 9.88 Å². The van der Waals surface area contributed by atoms with Gasteiger partial charge in [-0.3, -0.25) is 9.59 Å². The van der Waals surface area contributed by atoms with Crippen molar-refractivity contribution >= 4 is 5.91 Å². The third kappa shape index (κ3) is 4.86. The van der Waals surface area contributed by atoms with Gasteiger partial charge in [0.1, 0.15) is 5.56 Å². The zero-order valence-corrected chi connectivity index (χ0v) is 15.9. The van der Waals surface area contributed by atoms with E-state index in [2.05, 4.69) is 5.32 Å². The molecular weight excluding hydrogens is 338 g/mol. The fourth-order valence-corrected chi connectivity index (χ4v) is 3.76. The smallest absolute Gasteiger partial charge is 0.263 e. The lowest BCUT2D eigenvalue weighted by atomic mass is 9.95. The van der Waals surface area contributed by atoms with Gasteiger partial charge in [-0.15, -0.1) is 0 Å². The van der Waals surface area contributed by atoms with Crippen LogP contribution in [0.3, 0.4) is 0 Å². The monoisotopic (exact) mass is 367 g/mol. The van der Waals surface area contributed by atoms with Crippen LogP contribution in [0.1, 0.15) is 59.3 Å².